The van der Waals surface area contributed by atoms with Crippen molar-refractivity contribution in [3.8, 4) is 11.5 Å². The Morgan fingerprint density at radius 2 is 1.78 bits per heavy atom. The summed E-state index contributed by atoms with van der Waals surface area (Å²) in [6, 6.07) is 6.41. The number of ketones is 1. The molecule has 0 spiro atoms. The molecule has 6 nitrogen and oxygen atoms in total. The van der Waals surface area contributed by atoms with Gasteiger partial charge in [0.15, 0.2) is 35.5 Å². The van der Waals surface area contributed by atoms with E-state index in [9.17, 15) is 23.7 Å². The number of nitro benzene ring substituents is 1. The van der Waals surface area contributed by atoms with Gasteiger partial charge < -0.3 is 9.47 Å². The van der Waals surface area contributed by atoms with Crippen molar-refractivity contribution in [2.75, 3.05) is 13.7 Å². The number of carbonyl (C=O) groups is 1. The topological polar surface area (TPSA) is 78.7 Å². The lowest BCUT2D eigenvalue weighted by Crippen LogP contribution is -2.12. The first-order valence-electron chi connectivity index (χ1n) is 6.36. The van der Waals surface area contributed by atoms with E-state index in [0.717, 1.165) is 18.2 Å². The molecule has 0 fully saturated rings. The van der Waals surface area contributed by atoms with Gasteiger partial charge in [-0.1, -0.05) is 0 Å². The first-order valence-corrected chi connectivity index (χ1v) is 6.36. The molecule has 23 heavy (non-hydrogen) atoms. The molecule has 120 valence electrons. The van der Waals surface area contributed by atoms with Gasteiger partial charge in [0, 0.05) is 11.6 Å². The van der Waals surface area contributed by atoms with Crippen LogP contribution in [0.3, 0.4) is 0 Å². The van der Waals surface area contributed by atoms with Crippen LogP contribution in [0.1, 0.15) is 10.4 Å². The fourth-order valence-electron chi connectivity index (χ4n) is 1.79. The lowest BCUT2D eigenvalue weighted by Gasteiger charge is -2.07. The number of rotatable bonds is 6. The maximum absolute atomic E-state index is 13.6. The fourth-order valence-corrected chi connectivity index (χ4v) is 1.79. The van der Waals surface area contributed by atoms with Gasteiger partial charge >= 0.3 is 0 Å². The summed E-state index contributed by atoms with van der Waals surface area (Å²) in [5.74, 6) is -2.57. The van der Waals surface area contributed by atoms with Crippen LogP contribution in [0.5, 0.6) is 11.5 Å². The van der Waals surface area contributed by atoms with Crippen LogP contribution in [0.4, 0.5) is 14.5 Å². The maximum atomic E-state index is 13.6. The van der Waals surface area contributed by atoms with Crippen LogP contribution in [0, 0.1) is 21.7 Å². The molecular formula is C15H11F2NO5. The monoisotopic (exact) mass is 323 g/mol. The van der Waals surface area contributed by atoms with Crippen LogP contribution in [0.15, 0.2) is 36.4 Å². The number of nitrogens with zero attached hydrogens (tertiary/aromatic N) is 1. The van der Waals surface area contributed by atoms with Crippen molar-refractivity contribution in [1.29, 1.82) is 0 Å². The number of nitro groups is 1. The molecule has 0 aliphatic heterocycles. The smallest absolute Gasteiger partial charge is 0.272 e. The normalized spacial score (nSPS) is 10.2. The second kappa shape index (κ2) is 6.82. The Bertz CT molecular complexity index is 764. The van der Waals surface area contributed by atoms with Gasteiger partial charge in [0.05, 0.1) is 18.1 Å². The number of methoxy groups -OCH3 is 1. The second-order valence-electron chi connectivity index (χ2n) is 4.43. The number of benzene rings is 2. The van der Waals surface area contributed by atoms with E-state index in [-0.39, 0.29) is 17.1 Å². The molecule has 0 aliphatic carbocycles. The molecule has 0 N–H and O–H groups in total. The highest BCUT2D eigenvalue weighted by Gasteiger charge is 2.14. The zero-order chi connectivity index (χ0) is 17.0. The van der Waals surface area contributed by atoms with E-state index in [0.29, 0.717) is 6.07 Å². The molecule has 0 saturated heterocycles. The SMILES string of the molecule is COc1ccc(C(=O)COc2ccc([N+](=O)[O-])cc2F)cc1F. The van der Waals surface area contributed by atoms with Crippen LogP contribution in [-0.4, -0.2) is 24.4 Å². The van der Waals surface area contributed by atoms with Gasteiger partial charge in [-0.25, -0.2) is 8.78 Å². The van der Waals surface area contributed by atoms with Gasteiger partial charge in [-0.15, -0.1) is 0 Å². The minimum atomic E-state index is -0.965. The Morgan fingerprint density at radius 1 is 1.13 bits per heavy atom. The average Bonchev–Trinajstić information content (AvgIpc) is 2.53. The molecule has 8 heteroatoms. The van der Waals surface area contributed by atoms with Crippen molar-refractivity contribution >= 4 is 11.5 Å². The number of ether oxygens (including phenoxy) is 2. The lowest BCUT2D eigenvalue weighted by atomic mass is 10.1. The minimum absolute atomic E-state index is 0.0103. The first kappa shape index (κ1) is 16.3. The molecule has 0 amide bonds. The standard InChI is InChI=1S/C15H11F2NO5/c1-22-14-4-2-9(6-11(14)16)13(19)8-23-15-5-3-10(18(20)21)7-12(15)17/h2-7H,8H2,1H3. The molecule has 2 aromatic carbocycles. The van der Waals surface area contributed by atoms with Crippen molar-refractivity contribution in [2.45, 2.75) is 0 Å². The first-order chi connectivity index (χ1) is 10.9. The molecule has 0 heterocycles. The van der Waals surface area contributed by atoms with E-state index in [1.807, 2.05) is 0 Å². The van der Waals surface area contributed by atoms with Crippen LogP contribution in [0.2, 0.25) is 0 Å². The van der Waals surface area contributed by atoms with Crippen LogP contribution < -0.4 is 9.47 Å². The fraction of sp³-hybridized carbons (Fsp3) is 0.133. The zero-order valence-corrected chi connectivity index (χ0v) is 11.9. The third-order valence-electron chi connectivity index (χ3n) is 2.96. The van der Waals surface area contributed by atoms with Gasteiger partial charge in [0.25, 0.3) is 5.69 Å². The maximum Gasteiger partial charge on any atom is 0.272 e. The Kier molecular flexibility index (Phi) is 4.85. The van der Waals surface area contributed by atoms with Crippen molar-refractivity contribution in [1.82, 2.24) is 0 Å². The third kappa shape index (κ3) is 3.79. The second-order valence-corrected chi connectivity index (χ2v) is 4.43. The summed E-state index contributed by atoms with van der Waals surface area (Å²) in [6.45, 7) is -0.541. The van der Waals surface area contributed by atoms with E-state index >= 15 is 0 Å². The predicted molar refractivity (Wildman–Crippen MR) is 75.8 cm³/mol. The Morgan fingerprint density at radius 3 is 2.35 bits per heavy atom. The van der Waals surface area contributed by atoms with Crippen molar-refractivity contribution in [3.63, 3.8) is 0 Å². The Hall–Kier alpha value is -3.03. The quantitative estimate of drug-likeness (QED) is 0.463. The number of hydrogen-bond donors (Lipinski definition) is 0. The number of non-ortho nitro benzene ring substituents is 1. The molecule has 0 bridgehead atoms. The molecule has 0 saturated carbocycles. The number of carbonyl (C=O) groups excluding carboxylic acids is 1. The summed E-state index contributed by atoms with van der Waals surface area (Å²) >= 11 is 0. The summed E-state index contributed by atoms with van der Waals surface area (Å²) in [4.78, 5) is 21.6. The Labute approximate surface area is 129 Å². The van der Waals surface area contributed by atoms with Crippen LogP contribution in [0.25, 0.3) is 0 Å². The molecule has 2 aromatic rings. The molecular weight excluding hydrogens is 312 g/mol. The van der Waals surface area contributed by atoms with Crippen LogP contribution >= 0.6 is 0 Å². The highest BCUT2D eigenvalue weighted by Crippen LogP contribution is 2.23. The van der Waals surface area contributed by atoms with Gasteiger partial charge in [-0.2, -0.15) is 0 Å². The van der Waals surface area contributed by atoms with E-state index in [2.05, 4.69) is 0 Å². The summed E-state index contributed by atoms with van der Waals surface area (Å²) in [7, 11) is 1.29. The van der Waals surface area contributed by atoms with Crippen molar-refractivity contribution in [3.05, 3.63) is 63.7 Å². The summed E-state index contributed by atoms with van der Waals surface area (Å²) in [6.07, 6.45) is 0. The molecule has 0 unspecified atom stereocenters. The highest BCUT2D eigenvalue weighted by molar-refractivity contribution is 5.97. The average molecular weight is 323 g/mol. The molecule has 0 aromatic heterocycles. The highest BCUT2D eigenvalue weighted by atomic mass is 19.1. The molecule has 0 aliphatic rings. The van der Waals surface area contributed by atoms with Crippen LogP contribution in [-0.2, 0) is 0 Å². The lowest BCUT2D eigenvalue weighted by molar-refractivity contribution is -0.385. The van der Waals surface area contributed by atoms with E-state index in [1.165, 1.54) is 19.2 Å². The predicted octanol–water partition coefficient (Wildman–Crippen LogP) is 3.14. The van der Waals surface area contributed by atoms with Gasteiger partial charge in [-0.3, -0.25) is 14.9 Å². The molecule has 0 radical (unpaired) electrons. The number of hydrogen-bond acceptors (Lipinski definition) is 5. The minimum Gasteiger partial charge on any atom is -0.494 e. The zero-order valence-electron chi connectivity index (χ0n) is 11.9. The summed E-state index contributed by atoms with van der Waals surface area (Å²) in [5, 5.41) is 10.5. The molecule has 2 rings (SSSR count). The number of halogens is 2. The third-order valence-corrected chi connectivity index (χ3v) is 2.96. The van der Waals surface area contributed by atoms with Gasteiger partial charge in [0.1, 0.15) is 0 Å². The van der Waals surface area contributed by atoms with Crippen molar-refractivity contribution < 1.29 is 28.0 Å². The van der Waals surface area contributed by atoms with Gasteiger partial charge in [0.2, 0.25) is 0 Å². The van der Waals surface area contributed by atoms with E-state index in [4.69, 9.17) is 9.47 Å². The Balaban J connectivity index is 2.07. The largest absolute Gasteiger partial charge is 0.494 e. The van der Waals surface area contributed by atoms with E-state index < -0.39 is 34.6 Å². The summed E-state index contributed by atoms with van der Waals surface area (Å²) < 4.78 is 36.8. The van der Waals surface area contributed by atoms with Crippen molar-refractivity contribution in [2.24, 2.45) is 0 Å². The van der Waals surface area contributed by atoms with Gasteiger partial charge in [-0.05, 0) is 24.3 Å². The summed E-state index contributed by atoms with van der Waals surface area (Å²) in [5.41, 5.74) is -0.399. The van der Waals surface area contributed by atoms with E-state index in [1.54, 1.807) is 0 Å². The molecule has 0 atom stereocenters. The number of Topliss-reactive ketones (excluding diaryl/α,β-unsaturated/α-hetero) is 1.